The summed E-state index contributed by atoms with van der Waals surface area (Å²) in [6, 6.07) is -0.478. The molecule has 1 heterocycles. The van der Waals surface area contributed by atoms with Crippen LogP contribution >= 0.6 is 0 Å². The lowest BCUT2D eigenvalue weighted by molar-refractivity contribution is -0.128. The summed E-state index contributed by atoms with van der Waals surface area (Å²) >= 11 is 0. The average Bonchev–Trinajstić information content (AvgIpc) is 2.78. The van der Waals surface area contributed by atoms with Crippen molar-refractivity contribution in [2.45, 2.75) is 45.3 Å². The van der Waals surface area contributed by atoms with E-state index in [1.165, 1.54) is 0 Å². The number of nitrogens with one attached hydrogen (secondary N) is 2. The summed E-state index contributed by atoms with van der Waals surface area (Å²) in [5, 5.41) is 5.39. The van der Waals surface area contributed by atoms with Gasteiger partial charge in [-0.15, -0.1) is 0 Å². The predicted octanol–water partition coefficient (Wildman–Crippen LogP) is 0.196. The number of amides is 2. The van der Waals surface area contributed by atoms with E-state index in [-0.39, 0.29) is 17.9 Å². The zero-order valence-electron chi connectivity index (χ0n) is 9.91. The molecule has 2 atom stereocenters. The van der Waals surface area contributed by atoms with Crippen LogP contribution in [0.2, 0.25) is 0 Å². The Balaban J connectivity index is 2.20. The Morgan fingerprint density at radius 3 is 2.81 bits per heavy atom. The van der Waals surface area contributed by atoms with Gasteiger partial charge in [-0.25, -0.2) is 0 Å². The van der Waals surface area contributed by atoms with E-state index in [1.807, 2.05) is 0 Å². The van der Waals surface area contributed by atoms with Gasteiger partial charge in [-0.2, -0.15) is 0 Å². The van der Waals surface area contributed by atoms with E-state index in [1.54, 1.807) is 13.8 Å². The van der Waals surface area contributed by atoms with Gasteiger partial charge in [-0.1, -0.05) is 6.92 Å². The van der Waals surface area contributed by atoms with Crippen LogP contribution in [0, 0.1) is 0 Å². The number of carbonyl (C=O) groups excluding carboxylic acids is 2. The average molecular weight is 228 g/mol. The Hall–Kier alpha value is -1.10. The summed E-state index contributed by atoms with van der Waals surface area (Å²) in [4.78, 5) is 22.6. The molecule has 2 amide bonds. The molecular formula is C11H20N2O3. The SMILES string of the molecule is CCC(=O)N[C@@H](C)C(=O)NC[C@H]1CCCO1. The minimum absolute atomic E-state index is 0.111. The minimum Gasteiger partial charge on any atom is -0.376 e. The molecule has 0 aliphatic carbocycles. The van der Waals surface area contributed by atoms with Gasteiger partial charge in [0.1, 0.15) is 6.04 Å². The first-order valence-electron chi connectivity index (χ1n) is 5.82. The number of carbonyl (C=O) groups is 2. The van der Waals surface area contributed by atoms with Crippen LogP contribution in [-0.4, -0.2) is 37.1 Å². The molecular weight excluding hydrogens is 208 g/mol. The Morgan fingerprint density at radius 2 is 2.25 bits per heavy atom. The summed E-state index contributed by atoms with van der Waals surface area (Å²) in [7, 11) is 0. The van der Waals surface area contributed by atoms with Gasteiger partial charge in [-0.3, -0.25) is 9.59 Å². The molecule has 0 bridgehead atoms. The molecule has 16 heavy (non-hydrogen) atoms. The highest BCUT2D eigenvalue weighted by Crippen LogP contribution is 2.10. The topological polar surface area (TPSA) is 67.4 Å². The quantitative estimate of drug-likeness (QED) is 0.706. The lowest BCUT2D eigenvalue weighted by Crippen LogP contribution is -2.46. The number of rotatable bonds is 5. The third kappa shape index (κ3) is 4.18. The van der Waals surface area contributed by atoms with Crippen LogP contribution in [0.1, 0.15) is 33.1 Å². The number of hydrogen-bond donors (Lipinski definition) is 2. The van der Waals surface area contributed by atoms with E-state index >= 15 is 0 Å². The van der Waals surface area contributed by atoms with E-state index in [9.17, 15) is 9.59 Å². The summed E-state index contributed by atoms with van der Waals surface area (Å²) < 4.78 is 5.38. The van der Waals surface area contributed by atoms with Crippen molar-refractivity contribution in [3.63, 3.8) is 0 Å². The summed E-state index contributed by atoms with van der Waals surface area (Å²) in [5.74, 6) is -0.267. The molecule has 0 unspecified atom stereocenters. The predicted molar refractivity (Wildman–Crippen MR) is 59.9 cm³/mol. The van der Waals surface area contributed by atoms with Crippen molar-refractivity contribution in [3.05, 3.63) is 0 Å². The van der Waals surface area contributed by atoms with Crippen molar-refractivity contribution >= 4 is 11.8 Å². The van der Waals surface area contributed by atoms with Gasteiger partial charge < -0.3 is 15.4 Å². The van der Waals surface area contributed by atoms with Crippen molar-refractivity contribution in [2.24, 2.45) is 0 Å². The van der Waals surface area contributed by atoms with Crippen LogP contribution in [0.5, 0.6) is 0 Å². The van der Waals surface area contributed by atoms with E-state index < -0.39 is 6.04 Å². The van der Waals surface area contributed by atoms with Gasteiger partial charge in [0.15, 0.2) is 0 Å². The molecule has 0 radical (unpaired) electrons. The summed E-state index contributed by atoms with van der Waals surface area (Å²) in [6.07, 6.45) is 2.58. The maximum absolute atomic E-state index is 11.6. The van der Waals surface area contributed by atoms with E-state index in [4.69, 9.17) is 4.74 Å². The molecule has 1 aliphatic rings. The highest BCUT2D eigenvalue weighted by molar-refractivity contribution is 5.87. The van der Waals surface area contributed by atoms with Gasteiger partial charge in [0.2, 0.25) is 11.8 Å². The first kappa shape index (κ1) is 13.0. The second-order valence-corrected chi connectivity index (χ2v) is 4.02. The van der Waals surface area contributed by atoms with Crippen LogP contribution in [0.25, 0.3) is 0 Å². The molecule has 0 spiro atoms. The molecule has 0 aromatic rings. The third-order valence-electron chi connectivity index (χ3n) is 2.62. The maximum Gasteiger partial charge on any atom is 0.242 e. The Morgan fingerprint density at radius 1 is 1.50 bits per heavy atom. The van der Waals surface area contributed by atoms with Crippen LogP contribution in [0.15, 0.2) is 0 Å². The molecule has 5 nitrogen and oxygen atoms in total. The van der Waals surface area contributed by atoms with Gasteiger partial charge in [0.25, 0.3) is 0 Å². The normalized spacial score (nSPS) is 21.5. The summed E-state index contributed by atoms with van der Waals surface area (Å²) in [5.41, 5.74) is 0. The van der Waals surface area contributed by atoms with Crippen molar-refractivity contribution < 1.29 is 14.3 Å². The largest absolute Gasteiger partial charge is 0.376 e. The number of ether oxygens (including phenoxy) is 1. The second-order valence-electron chi connectivity index (χ2n) is 4.02. The fraction of sp³-hybridized carbons (Fsp3) is 0.818. The monoisotopic (exact) mass is 228 g/mol. The van der Waals surface area contributed by atoms with E-state index in [0.717, 1.165) is 19.4 Å². The van der Waals surface area contributed by atoms with Gasteiger partial charge >= 0.3 is 0 Å². The molecule has 1 aliphatic heterocycles. The van der Waals surface area contributed by atoms with Crippen molar-refractivity contribution in [2.75, 3.05) is 13.2 Å². The molecule has 2 N–H and O–H groups in total. The molecule has 0 saturated carbocycles. The molecule has 92 valence electrons. The maximum atomic E-state index is 11.6. The zero-order chi connectivity index (χ0) is 12.0. The van der Waals surface area contributed by atoms with Crippen LogP contribution in [0.4, 0.5) is 0 Å². The van der Waals surface area contributed by atoms with Gasteiger partial charge in [-0.05, 0) is 19.8 Å². The fourth-order valence-electron chi connectivity index (χ4n) is 1.58. The molecule has 0 aromatic heterocycles. The van der Waals surface area contributed by atoms with Crippen molar-refractivity contribution in [1.29, 1.82) is 0 Å². The fourth-order valence-corrected chi connectivity index (χ4v) is 1.58. The smallest absolute Gasteiger partial charge is 0.242 e. The van der Waals surface area contributed by atoms with Crippen molar-refractivity contribution in [1.82, 2.24) is 10.6 Å². The van der Waals surface area contributed by atoms with E-state index in [0.29, 0.717) is 13.0 Å². The van der Waals surface area contributed by atoms with E-state index in [2.05, 4.69) is 10.6 Å². The van der Waals surface area contributed by atoms with Crippen LogP contribution in [0.3, 0.4) is 0 Å². The second kappa shape index (κ2) is 6.48. The summed E-state index contributed by atoms with van der Waals surface area (Å²) in [6.45, 7) is 4.75. The third-order valence-corrected chi connectivity index (χ3v) is 2.62. The highest BCUT2D eigenvalue weighted by atomic mass is 16.5. The first-order chi connectivity index (χ1) is 7.63. The Labute approximate surface area is 95.9 Å². The Kier molecular flexibility index (Phi) is 5.25. The Bertz CT molecular complexity index is 250. The lowest BCUT2D eigenvalue weighted by atomic mass is 10.2. The van der Waals surface area contributed by atoms with Crippen molar-refractivity contribution in [3.8, 4) is 0 Å². The molecule has 1 fully saturated rings. The first-order valence-corrected chi connectivity index (χ1v) is 5.82. The highest BCUT2D eigenvalue weighted by Gasteiger charge is 2.19. The molecule has 1 rings (SSSR count). The van der Waals surface area contributed by atoms with Gasteiger partial charge in [0.05, 0.1) is 6.10 Å². The van der Waals surface area contributed by atoms with Gasteiger partial charge in [0, 0.05) is 19.6 Å². The molecule has 1 saturated heterocycles. The standard InChI is InChI=1S/C11H20N2O3/c1-3-10(14)13-8(2)11(15)12-7-9-5-4-6-16-9/h8-9H,3-7H2,1-2H3,(H,12,15)(H,13,14)/t8-,9+/m0/s1. The number of hydrogen-bond acceptors (Lipinski definition) is 3. The van der Waals surface area contributed by atoms with Crippen LogP contribution in [-0.2, 0) is 14.3 Å². The zero-order valence-corrected chi connectivity index (χ0v) is 9.91. The lowest BCUT2D eigenvalue weighted by Gasteiger charge is -2.15. The molecule has 0 aromatic carbocycles. The minimum atomic E-state index is -0.478. The molecule has 5 heteroatoms. The van der Waals surface area contributed by atoms with Crippen LogP contribution < -0.4 is 10.6 Å².